The number of carbonyl (C=O) groups excluding carboxylic acids is 1. The first kappa shape index (κ1) is 13.2. The van der Waals surface area contributed by atoms with Crippen LogP contribution in [-0.2, 0) is 4.79 Å². The molecule has 1 nitrogen and oxygen atoms in total. The van der Waals surface area contributed by atoms with Gasteiger partial charge in [-0.1, -0.05) is 44.1 Å². The van der Waals surface area contributed by atoms with Crippen molar-refractivity contribution >= 4 is 6.29 Å². The smallest absolute Gasteiger partial charge is 0.126 e. The van der Waals surface area contributed by atoms with Crippen molar-refractivity contribution in [3.05, 3.63) is 23.3 Å². The SMILES string of the molecule is CC1=CCCC(C)(C)[C@H]1/C=C(\C)[C@@H](C)C=O. The van der Waals surface area contributed by atoms with Crippen LogP contribution in [0.25, 0.3) is 0 Å². The van der Waals surface area contributed by atoms with Gasteiger partial charge in [-0.05, 0) is 32.1 Å². The molecule has 0 aromatic heterocycles. The van der Waals surface area contributed by atoms with E-state index in [4.69, 9.17) is 0 Å². The van der Waals surface area contributed by atoms with Crippen LogP contribution in [0.4, 0.5) is 0 Å². The fraction of sp³-hybridized carbons (Fsp3) is 0.667. The second-order valence-corrected chi connectivity index (χ2v) is 5.79. The van der Waals surface area contributed by atoms with Crippen molar-refractivity contribution in [2.75, 3.05) is 0 Å². The molecule has 2 atom stereocenters. The van der Waals surface area contributed by atoms with Crippen LogP contribution in [0.5, 0.6) is 0 Å². The Bertz CT molecular complexity index is 320. The highest BCUT2D eigenvalue weighted by molar-refractivity contribution is 5.57. The molecule has 0 unspecified atom stereocenters. The molecule has 0 saturated heterocycles. The molecule has 1 aliphatic rings. The van der Waals surface area contributed by atoms with E-state index in [1.54, 1.807) is 0 Å². The molecule has 1 heteroatoms. The first-order valence-electron chi connectivity index (χ1n) is 6.18. The monoisotopic (exact) mass is 220 g/mol. The molecule has 0 spiro atoms. The fourth-order valence-corrected chi connectivity index (χ4v) is 2.45. The number of hydrogen-bond donors (Lipinski definition) is 0. The van der Waals surface area contributed by atoms with Gasteiger partial charge in [-0.3, -0.25) is 0 Å². The van der Waals surface area contributed by atoms with Crippen molar-refractivity contribution in [3.8, 4) is 0 Å². The van der Waals surface area contributed by atoms with Gasteiger partial charge in [-0.25, -0.2) is 0 Å². The van der Waals surface area contributed by atoms with E-state index in [1.807, 2.05) is 6.92 Å². The van der Waals surface area contributed by atoms with Gasteiger partial charge in [0.1, 0.15) is 6.29 Å². The van der Waals surface area contributed by atoms with Gasteiger partial charge >= 0.3 is 0 Å². The Morgan fingerprint density at radius 3 is 2.69 bits per heavy atom. The quantitative estimate of drug-likeness (QED) is 0.516. The maximum Gasteiger partial charge on any atom is 0.126 e. The molecule has 1 rings (SSSR count). The summed E-state index contributed by atoms with van der Waals surface area (Å²) in [6.07, 6.45) is 8.08. The van der Waals surface area contributed by atoms with E-state index in [-0.39, 0.29) is 5.92 Å². The van der Waals surface area contributed by atoms with Gasteiger partial charge in [0.15, 0.2) is 0 Å². The van der Waals surface area contributed by atoms with Crippen molar-refractivity contribution in [1.82, 2.24) is 0 Å². The van der Waals surface area contributed by atoms with Crippen LogP contribution in [0, 0.1) is 17.3 Å². The van der Waals surface area contributed by atoms with Crippen LogP contribution in [-0.4, -0.2) is 6.29 Å². The first-order chi connectivity index (χ1) is 7.38. The summed E-state index contributed by atoms with van der Waals surface area (Å²) in [5.74, 6) is 0.536. The minimum absolute atomic E-state index is 0.0468. The molecule has 0 radical (unpaired) electrons. The van der Waals surface area contributed by atoms with Crippen LogP contribution in [0.1, 0.15) is 47.5 Å². The average molecular weight is 220 g/mol. The van der Waals surface area contributed by atoms with E-state index in [0.29, 0.717) is 11.3 Å². The summed E-state index contributed by atoms with van der Waals surface area (Å²) in [5, 5.41) is 0. The molecule has 1 aliphatic carbocycles. The maximum atomic E-state index is 10.8. The molecular weight excluding hydrogens is 196 g/mol. The average Bonchev–Trinajstić information content (AvgIpc) is 2.21. The summed E-state index contributed by atoms with van der Waals surface area (Å²) in [7, 11) is 0. The highest BCUT2D eigenvalue weighted by Crippen LogP contribution is 2.42. The maximum absolute atomic E-state index is 10.8. The molecule has 0 N–H and O–H groups in total. The van der Waals surface area contributed by atoms with Crippen LogP contribution in [0.2, 0.25) is 0 Å². The summed E-state index contributed by atoms with van der Waals surface area (Å²) in [6.45, 7) is 10.9. The zero-order valence-corrected chi connectivity index (χ0v) is 11.2. The Kier molecular flexibility index (Phi) is 4.12. The van der Waals surface area contributed by atoms with Crippen molar-refractivity contribution in [2.24, 2.45) is 17.3 Å². The zero-order valence-electron chi connectivity index (χ0n) is 11.2. The van der Waals surface area contributed by atoms with Gasteiger partial charge < -0.3 is 4.79 Å². The minimum atomic E-state index is 0.0468. The first-order valence-corrected chi connectivity index (χ1v) is 6.18. The normalized spacial score (nSPS) is 27.2. The van der Waals surface area contributed by atoms with E-state index >= 15 is 0 Å². The van der Waals surface area contributed by atoms with Gasteiger partial charge in [0.2, 0.25) is 0 Å². The van der Waals surface area contributed by atoms with E-state index in [1.165, 1.54) is 24.0 Å². The molecule has 0 aromatic rings. The summed E-state index contributed by atoms with van der Waals surface area (Å²) in [4.78, 5) is 10.8. The second-order valence-electron chi connectivity index (χ2n) is 5.79. The molecule has 0 aliphatic heterocycles. The molecule has 0 amide bonds. The lowest BCUT2D eigenvalue weighted by Crippen LogP contribution is -2.27. The lowest BCUT2D eigenvalue weighted by molar-refractivity contribution is -0.109. The molecule has 16 heavy (non-hydrogen) atoms. The molecule has 0 saturated carbocycles. The lowest BCUT2D eigenvalue weighted by atomic mass is 9.68. The molecule has 0 aromatic carbocycles. The highest BCUT2D eigenvalue weighted by Gasteiger charge is 2.31. The Hall–Kier alpha value is -0.850. The van der Waals surface area contributed by atoms with Crippen LogP contribution >= 0.6 is 0 Å². The molecule has 90 valence electrons. The van der Waals surface area contributed by atoms with Gasteiger partial charge in [0.05, 0.1) is 0 Å². The predicted molar refractivity (Wildman–Crippen MR) is 69.2 cm³/mol. The molecule has 0 fully saturated rings. The highest BCUT2D eigenvalue weighted by atomic mass is 16.1. The largest absolute Gasteiger partial charge is 0.303 e. The Morgan fingerprint density at radius 1 is 1.56 bits per heavy atom. The number of rotatable bonds is 3. The van der Waals surface area contributed by atoms with Crippen molar-refractivity contribution < 1.29 is 4.79 Å². The lowest BCUT2D eigenvalue weighted by Gasteiger charge is -2.37. The Balaban J connectivity index is 2.97. The number of hydrogen-bond acceptors (Lipinski definition) is 1. The topological polar surface area (TPSA) is 17.1 Å². The number of allylic oxidation sites excluding steroid dienone is 4. The Labute approximate surface area is 99.6 Å². The molecular formula is C15H24O. The second kappa shape index (κ2) is 4.99. The van der Waals surface area contributed by atoms with Crippen molar-refractivity contribution in [1.29, 1.82) is 0 Å². The third-order valence-electron chi connectivity index (χ3n) is 3.94. The van der Waals surface area contributed by atoms with Gasteiger partial charge in [0.25, 0.3) is 0 Å². The zero-order chi connectivity index (χ0) is 12.3. The van der Waals surface area contributed by atoms with E-state index in [0.717, 1.165) is 6.29 Å². The number of aldehydes is 1. The molecule has 0 heterocycles. The van der Waals surface area contributed by atoms with Crippen molar-refractivity contribution in [2.45, 2.75) is 47.5 Å². The van der Waals surface area contributed by atoms with Gasteiger partial charge in [-0.15, -0.1) is 0 Å². The van der Waals surface area contributed by atoms with Gasteiger partial charge in [-0.2, -0.15) is 0 Å². The summed E-state index contributed by atoms with van der Waals surface area (Å²) in [6, 6.07) is 0. The number of carbonyl (C=O) groups is 1. The van der Waals surface area contributed by atoms with E-state index < -0.39 is 0 Å². The van der Waals surface area contributed by atoms with Gasteiger partial charge in [0, 0.05) is 11.8 Å². The standard InChI is InChI=1S/C15H24O/c1-11-7-6-8-15(4,5)14(11)9-12(2)13(3)10-16/h7,9-10,13-14H,6,8H2,1-5H3/b12-9+/t13-,14-/m0/s1. The van der Waals surface area contributed by atoms with E-state index in [9.17, 15) is 4.79 Å². The predicted octanol–water partition coefficient (Wildman–Crippen LogP) is 4.15. The minimum Gasteiger partial charge on any atom is -0.303 e. The third kappa shape index (κ3) is 2.84. The molecule has 0 bridgehead atoms. The summed E-state index contributed by atoms with van der Waals surface area (Å²) < 4.78 is 0. The fourth-order valence-electron chi connectivity index (χ4n) is 2.45. The summed E-state index contributed by atoms with van der Waals surface area (Å²) >= 11 is 0. The third-order valence-corrected chi connectivity index (χ3v) is 3.94. The summed E-state index contributed by atoms with van der Waals surface area (Å²) in [5.41, 5.74) is 2.97. The Morgan fingerprint density at radius 2 is 2.19 bits per heavy atom. The van der Waals surface area contributed by atoms with Crippen LogP contribution < -0.4 is 0 Å². The van der Waals surface area contributed by atoms with Crippen LogP contribution in [0.15, 0.2) is 23.3 Å². The van der Waals surface area contributed by atoms with Crippen molar-refractivity contribution in [3.63, 3.8) is 0 Å². The van der Waals surface area contributed by atoms with E-state index in [2.05, 4.69) is 39.8 Å². The van der Waals surface area contributed by atoms with Crippen LogP contribution in [0.3, 0.4) is 0 Å².